The van der Waals surface area contributed by atoms with Crippen molar-refractivity contribution in [3.05, 3.63) is 181 Å². The van der Waals surface area contributed by atoms with Crippen LogP contribution in [-0.2, 0) is 0 Å². The molecular weight excluding hydrogens is 637 g/mol. The van der Waals surface area contributed by atoms with Crippen molar-refractivity contribution in [3.8, 4) is 45.5 Å². The average molecular weight is 665 g/mol. The highest BCUT2D eigenvalue weighted by atomic mass is 15.2. The number of rotatable bonds is 5. The van der Waals surface area contributed by atoms with Gasteiger partial charge in [-0.2, -0.15) is 9.97 Å². The van der Waals surface area contributed by atoms with Gasteiger partial charge in [0.05, 0.1) is 28.6 Å². The summed E-state index contributed by atoms with van der Waals surface area (Å²) in [6, 6.07) is 58.2. The fourth-order valence-electron chi connectivity index (χ4n) is 7.40. The average Bonchev–Trinajstić information content (AvgIpc) is 3.73. The summed E-state index contributed by atoms with van der Waals surface area (Å²) in [7, 11) is 0. The van der Waals surface area contributed by atoms with Gasteiger partial charge in [0, 0.05) is 33.0 Å². The third-order valence-corrected chi connectivity index (χ3v) is 9.78. The normalized spacial score (nSPS) is 11.4. The summed E-state index contributed by atoms with van der Waals surface area (Å²) in [5.41, 5.74) is 9.88. The van der Waals surface area contributed by atoms with Crippen LogP contribution in [0, 0.1) is 6.57 Å². The van der Waals surface area contributed by atoms with Gasteiger partial charge in [0.15, 0.2) is 17.3 Å². The fourth-order valence-corrected chi connectivity index (χ4v) is 7.40. The van der Waals surface area contributed by atoms with Crippen molar-refractivity contribution < 1.29 is 0 Å². The maximum Gasteiger partial charge on any atom is 0.238 e. The van der Waals surface area contributed by atoms with E-state index in [0.717, 1.165) is 49.7 Å². The lowest BCUT2D eigenvalue weighted by Gasteiger charge is -2.12. The topological polar surface area (TPSA) is 52.9 Å². The lowest BCUT2D eigenvalue weighted by Crippen LogP contribution is -2.06. The summed E-state index contributed by atoms with van der Waals surface area (Å²) in [5, 5.41) is 4.45. The van der Waals surface area contributed by atoms with Crippen LogP contribution in [0.4, 0.5) is 5.69 Å². The zero-order chi connectivity index (χ0) is 34.6. The molecule has 0 aliphatic heterocycles. The minimum Gasteiger partial charge on any atom is -0.309 e. The Bertz CT molecular complexity index is 2910. The van der Waals surface area contributed by atoms with Crippen molar-refractivity contribution >= 4 is 49.3 Å². The minimum absolute atomic E-state index is 0.518. The van der Waals surface area contributed by atoms with Gasteiger partial charge in [0.2, 0.25) is 5.95 Å². The molecule has 0 atom stereocenters. The van der Waals surface area contributed by atoms with E-state index < -0.39 is 0 Å². The van der Waals surface area contributed by atoms with Crippen molar-refractivity contribution in [1.82, 2.24) is 24.1 Å². The molecule has 0 aliphatic rings. The van der Waals surface area contributed by atoms with Crippen LogP contribution in [0.2, 0.25) is 0 Å². The van der Waals surface area contributed by atoms with E-state index in [1.165, 1.54) is 21.8 Å². The molecule has 10 aromatic rings. The van der Waals surface area contributed by atoms with E-state index in [9.17, 15) is 0 Å². The van der Waals surface area contributed by atoms with Gasteiger partial charge in [-0.15, -0.1) is 0 Å². The van der Waals surface area contributed by atoms with E-state index >= 15 is 0 Å². The van der Waals surface area contributed by atoms with E-state index in [2.05, 4.69) is 105 Å². The van der Waals surface area contributed by atoms with Gasteiger partial charge < -0.3 is 4.57 Å². The van der Waals surface area contributed by atoms with Crippen molar-refractivity contribution in [1.29, 1.82) is 0 Å². The van der Waals surface area contributed by atoms with Gasteiger partial charge in [-0.1, -0.05) is 121 Å². The summed E-state index contributed by atoms with van der Waals surface area (Å²) in [6.45, 7) is 7.81. The number of para-hydroxylation sites is 2. The summed E-state index contributed by atoms with van der Waals surface area (Å²) < 4.78 is 4.44. The Morgan fingerprint density at radius 2 is 0.904 bits per heavy atom. The van der Waals surface area contributed by atoms with Gasteiger partial charge in [0.25, 0.3) is 0 Å². The first-order valence-electron chi connectivity index (χ1n) is 17.2. The van der Waals surface area contributed by atoms with E-state index in [4.69, 9.17) is 21.5 Å². The number of aromatic nitrogens is 5. The largest absolute Gasteiger partial charge is 0.309 e. The predicted molar refractivity (Wildman–Crippen MR) is 211 cm³/mol. The standard InChI is InChI=1S/C46H28N6/c1-47-34-24-26-43-39(29-34)38-28-33(32-17-12-18-35(27-32)51-40-21-10-8-19-36(40)37-20-9-11-22-41(37)51)23-25-42(38)52(43)46-49-44(30-13-4-2-5-14-30)48-45(50-46)31-15-6-3-7-16-31/h2-29H. The van der Waals surface area contributed by atoms with Crippen molar-refractivity contribution in [2.75, 3.05) is 0 Å². The first-order chi connectivity index (χ1) is 25.7. The molecule has 52 heavy (non-hydrogen) atoms. The molecule has 3 aromatic heterocycles. The molecule has 0 aliphatic carbocycles. The molecule has 0 bridgehead atoms. The van der Waals surface area contributed by atoms with Crippen LogP contribution in [0.25, 0.3) is 94.0 Å². The maximum atomic E-state index is 7.81. The Morgan fingerprint density at radius 1 is 0.385 bits per heavy atom. The third-order valence-electron chi connectivity index (χ3n) is 9.78. The number of fused-ring (bicyclic) bond motifs is 6. The van der Waals surface area contributed by atoms with Gasteiger partial charge in [-0.05, 0) is 65.0 Å². The molecule has 0 spiro atoms. The highest BCUT2D eigenvalue weighted by Crippen LogP contribution is 2.38. The van der Waals surface area contributed by atoms with Crippen molar-refractivity contribution in [2.24, 2.45) is 0 Å². The zero-order valence-corrected chi connectivity index (χ0v) is 27.8. The van der Waals surface area contributed by atoms with Crippen LogP contribution < -0.4 is 0 Å². The van der Waals surface area contributed by atoms with Crippen LogP contribution in [-0.4, -0.2) is 24.1 Å². The number of nitrogens with zero attached hydrogens (tertiary/aromatic N) is 6. The predicted octanol–water partition coefficient (Wildman–Crippen LogP) is 11.6. The SMILES string of the molecule is [C-]#[N+]c1ccc2c(c1)c1cc(-c3cccc(-n4c5ccccc5c5ccccc54)c3)ccc1n2-c1nc(-c2ccccc2)nc(-c2ccccc2)n1. The van der Waals surface area contributed by atoms with Crippen LogP contribution in [0.5, 0.6) is 0 Å². The minimum atomic E-state index is 0.518. The molecule has 242 valence electrons. The molecule has 10 rings (SSSR count). The van der Waals surface area contributed by atoms with Gasteiger partial charge in [-0.3, -0.25) is 4.57 Å². The molecular formula is C46H28N6. The van der Waals surface area contributed by atoms with Crippen molar-refractivity contribution in [2.45, 2.75) is 0 Å². The molecule has 0 saturated carbocycles. The number of hydrogen-bond donors (Lipinski definition) is 0. The molecule has 6 nitrogen and oxygen atoms in total. The highest BCUT2D eigenvalue weighted by molar-refractivity contribution is 6.12. The lowest BCUT2D eigenvalue weighted by atomic mass is 10.0. The molecule has 0 saturated heterocycles. The third kappa shape index (κ3) is 4.76. The van der Waals surface area contributed by atoms with E-state index in [-0.39, 0.29) is 0 Å². The molecule has 0 radical (unpaired) electrons. The van der Waals surface area contributed by atoms with Crippen LogP contribution in [0.1, 0.15) is 0 Å². The molecule has 7 aromatic carbocycles. The van der Waals surface area contributed by atoms with Gasteiger partial charge in [-0.25, -0.2) is 9.83 Å². The molecule has 0 fully saturated rings. The monoisotopic (exact) mass is 664 g/mol. The fraction of sp³-hybridized carbons (Fsp3) is 0. The Balaban J connectivity index is 1.18. The Kier molecular flexibility index (Phi) is 6.76. The quantitative estimate of drug-likeness (QED) is 0.172. The molecule has 3 heterocycles. The second kappa shape index (κ2) is 11.9. The van der Waals surface area contributed by atoms with Crippen LogP contribution >= 0.6 is 0 Å². The highest BCUT2D eigenvalue weighted by Gasteiger charge is 2.19. The summed E-state index contributed by atoms with van der Waals surface area (Å²) in [4.78, 5) is 18.8. The number of benzene rings is 7. The van der Waals surface area contributed by atoms with E-state index in [1.807, 2.05) is 78.9 Å². The van der Waals surface area contributed by atoms with E-state index in [1.54, 1.807) is 0 Å². The lowest BCUT2D eigenvalue weighted by molar-refractivity contribution is 0.953. The smallest absolute Gasteiger partial charge is 0.238 e. The Hall–Kier alpha value is -7.36. The van der Waals surface area contributed by atoms with Gasteiger partial charge >= 0.3 is 0 Å². The molecule has 6 heteroatoms. The van der Waals surface area contributed by atoms with Crippen molar-refractivity contribution in [3.63, 3.8) is 0 Å². The van der Waals surface area contributed by atoms with Crippen LogP contribution in [0.15, 0.2) is 170 Å². The molecule has 0 amide bonds. The Labute approximate surface area is 299 Å². The number of hydrogen-bond acceptors (Lipinski definition) is 3. The summed E-state index contributed by atoms with van der Waals surface area (Å²) in [5.74, 6) is 1.70. The molecule has 0 unspecified atom stereocenters. The van der Waals surface area contributed by atoms with Gasteiger partial charge in [0.1, 0.15) is 0 Å². The second-order valence-corrected chi connectivity index (χ2v) is 12.8. The first kappa shape index (κ1) is 29.5. The van der Waals surface area contributed by atoms with E-state index in [0.29, 0.717) is 23.3 Å². The summed E-state index contributed by atoms with van der Waals surface area (Å²) >= 11 is 0. The van der Waals surface area contributed by atoms with Crippen LogP contribution in [0.3, 0.4) is 0 Å². The second-order valence-electron chi connectivity index (χ2n) is 12.8. The Morgan fingerprint density at radius 3 is 1.54 bits per heavy atom. The summed E-state index contributed by atoms with van der Waals surface area (Å²) in [6.07, 6.45) is 0. The first-order valence-corrected chi connectivity index (χ1v) is 17.2. The molecule has 0 N–H and O–H groups in total. The zero-order valence-electron chi connectivity index (χ0n) is 27.8. The maximum absolute atomic E-state index is 7.81.